The molecule has 2 aromatic rings. The Labute approximate surface area is 132 Å². The van der Waals surface area contributed by atoms with Crippen molar-refractivity contribution in [2.75, 3.05) is 11.9 Å². The molecule has 0 heterocycles. The Balaban J connectivity index is 1.81. The molecule has 0 aliphatic heterocycles. The molecule has 6 heteroatoms. The minimum atomic E-state index is -0.328. The smallest absolute Gasteiger partial charge is 0.251 e. The number of hydrogen-bond acceptors (Lipinski definition) is 3. The number of hydrogen-bond donors (Lipinski definition) is 3. The molecule has 0 saturated carbocycles. The SMILES string of the molecule is O=C(CCNC(=O)c1ccccc1)Nc1cc(Cl)ccc1O. The van der Waals surface area contributed by atoms with Gasteiger partial charge in [0.2, 0.25) is 5.91 Å². The summed E-state index contributed by atoms with van der Waals surface area (Å²) >= 11 is 5.79. The summed E-state index contributed by atoms with van der Waals surface area (Å²) in [5.41, 5.74) is 0.780. The lowest BCUT2D eigenvalue weighted by molar-refractivity contribution is -0.116. The van der Waals surface area contributed by atoms with E-state index in [0.717, 1.165) is 0 Å². The van der Waals surface area contributed by atoms with E-state index in [2.05, 4.69) is 10.6 Å². The summed E-state index contributed by atoms with van der Waals surface area (Å²) in [6.45, 7) is 0.195. The maximum atomic E-state index is 11.8. The van der Waals surface area contributed by atoms with Gasteiger partial charge in [-0.25, -0.2) is 0 Å². The van der Waals surface area contributed by atoms with Crippen LogP contribution in [0.3, 0.4) is 0 Å². The first-order valence-corrected chi connectivity index (χ1v) is 7.05. The van der Waals surface area contributed by atoms with Gasteiger partial charge in [0.15, 0.2) is 0 Å². The number of aromatic hydroxyl groups is 1. The van der Waals surface area contributed by atoms with Gasteiger partial charge in [0.1, 0.15) is 5.75 Å². The number of anilines is 1. The number of rotatable bonds is 5. The summed E-state index contributed by atoms with van der Waals surface area (Å²) < 4.78 is 0. The van der Waals surface area contributed by atoms with Crippen LogP contribution < -0.4 is 10.6 Å². The summed E-state index contributed by atoms with van der Waals surface area (Å²) in [5.74, 6) is -0.629. The highest BCUT2D eigenvalue weighted by Gasteiger charge is 2.08. The zero-order valence-electron chi connectivity index (χ0n) is 11.7. The first kappa shape index (κ1) is 15.9. The number of carbonyl (C=O) groups excluding carboxylic acids is 2. The van der Waals surface area contributed by atoms with E-state index in [1.54, 1.807) is 24.3 Å². The van der Waals surface area contributed by atoms with Crippen LogP contribution in [-0.4, -0.2) is 23.5 Å². The highest BCUT2D eigenvalue weighted by Crippen LogP contribution is 2.26. The molecule has 2 aromatic carbocycles. The van der Waals surface area contributed by atoms with Crippen LogP contribution in [0.15, 0.2) is 48.5 Å². The van der Waals surface area contributed by atoms with Crippen molar-refractivity contribution in [1.82, 2.24) is 5.32 Å². The summed E-state index contributed by atoms with van der Waals surface area (Å²) in [4.78, 5) is 23.6. The van der Waals surface area contributed by atoms with Crippen LogP contribution >= 0.6 is 11.6 Å². The summed E-state index contributed by atoms with van der Waals surface area (Å²) in [7, 11) is 0. The fraction of sp³-hybridized carbons (Fsp3) is 0.125. The van der Waals surface area contributed by atoms with E-state index < -0.39 is 0 Å². The molecule has 0 fully saturated rings. The van der Waals surface area contributed by atoms with E-state index in [9.17, 15) is 14.7 Å². The molecule has 114 valence electrons. The molecule has 3 N–H and O–H groups in total. The fourth-order valence-corrected chi connectivity index (χ4v) is 1.97. The minimum Gasteiger partial charge on any atom is -0.506 e. The Hall–Kier alpha value is -2.53. The van der Waals surface area contributed by atoms with Gasteiger partial charge in [0, 0.05) is 23.6 Å². The number of phenolic OH excluding ortho intramolecular Hbond substituents is 1. The highest BCUT2D eigenvalue weighted by atomic mass is 35.5. The molecule has 0 aliphatic rings. The number of benzene rings is 2. The third-order valence-electron chi connectivity index (χ3n) is 2.91. The van der Waals surface area contributed by atoms with Crippen molar-refractivity contribution in [2.24, 2.45) is 0 Å². The Bertz CT molecular complexity index is 674. The standard InChI is InChI=1S/C16H15ClN2O3/c17-12-6-7-14(20)13(10-12)19-15(21)8-9-18-16(22)11-4-2-1-3-5-11/h1-7,10,20H,8-9H2,(H,18,22)(H,19,21). The average Bonchev–Trinajstić information content (AvgIpc) is 2.51. The van der Waals surface area contributed by atoms with Crippen LogP contribution in [-0.2, 0) is 4.79 Å². The lowest BCUT2D eigenvalue weighted by Gasteiger charge is -2.08. The van der Waals surface area contributed by atoms with Crippen molar-refractivity contribution in [3.63, 3.8) is 0 Å². The summed E-state index contributed by atoms with van der Waals surface area (Å²) in [6, 6.07) is 13.1. The molecule has 0 bridgehead atoms. The van der Waals surface area contributed by atoms with Crippen LogP contribution in [0.25, 0.3) is 0 Å². The van der Waals surface area contributed by atoms with Crippen molar-refractivity contribution in [3.8, 4) is 5.75 Å². The molecule has 0 aromatic heterocycles. The van der Waals surface area contributed by atoms with Crippen molar-refractivity contribution in [3.05, 3.63) is 59.1 Å². The second kappa shape index (κ2) is 7.47. The van der Waals surface area contributed by atoms with Gasteiger partial charge < -0.3 is 15.7 Å². The molecule has 0 unspecified atom stereocenters. The Morgan fingerprint density at radius 3 is 2.55 bits per heavy atom. The number of carbonyl (C=O) groups is 2. The van der Waals surface area contributed by atoms with E-state index in [-0.39, 0.29) is 36.2 Å². The van der Waals surface area contributed by atoms with Crippen LogP contribution in [0.5, 0.6) is 5.75 Å². The lowest BCUT2D eigenvalue weighted by Crippen LogP contribution is -2.27. The third-order valence-corrected chi connectivity index (χ3v) is 3.14. The maximum absolute atomic E-state index is 11.8. The number of halogens is 1. The van der Waals surface area contributed by atoms with Crippen LogP contribution in [0.1, 0.15) is 16.8 Å². The predicted molar refractivity (Wildman–Crippen MR) is 85.1 cm³/mol. The van der Waals surface area contributed by atoms with Gasteiger partial charge in [-0.2, -0.15) is 0 Å². The zero-order chi connectivity index (χ0) is 15.9. The Morgan fingerprint density at radius 2 is 1.82 bits per heavy atom. The molecule has 0 spiro atoms. The fourth-order valence-electron chi connectivity index (χ4n) is 1.80. The predicted octanol–water partition coefficient (Wildman–Crippen LogP) is 2.80. The summed E-state index contributed by atoms with van der Waals surface area (Å²) in [6.07, 6.45) is 0.0878. The molecule has 0 atom stereocenters. The molecule has 5 nitrogen and oxygen atoms in total. The van der Waals surface area contributed by atoms with Crippen molar-refractivity contribution < 1.29 is 14.7 Å². The van der Waals surface area contributed by atoms with Crippen molar-refractivity contribution >= 4 is 29.1 Å². The third kappa shape index (κ3) is 4.49. The molecular formula is C16H15ClN2O3. The first-order chi connectivity index (χ1) is 10.6. The van der Waals surface area contributed by atoms with E-state index in [1.165, 1.54) is 18.2 Å². The van der Waals surface area contributed by atoms with Crippen LogP contribution in [0, 0.1) is 0 Å². The first-order valence-electron chi connectivity index (χ1n) is 6.68. The van der Waals surface area contributed by atoms with Crippen LogP contribution in [0.2, 0.25) is 5.02 Å². The van der Waals surface area contributed by atoms with Crippen molar-refractivity contribution in [2.45, 2.75) is 6.42 Å². The Kier molecular flexibility index (Phi) is 5.38. The van der Waals surface area contributed by atoms with Gasteiger partial charge >= 0.3 is 0 Å². The number of phenols is 1. The van der Waals surface area contributed by atoms with E-state index in [0.29, 0.717) is 10.6 Å². The monoisotopic (exact) mass is 318 g/mol. The molecule has 2 amide bonds. The van der Waals surface area contributed by atoms with Crippen molar-refractivity contribution in [1.29, 1.82) is 0 Å². The second-order valence-corrected chi connectivity index (χ2v) is 5.02. The second-order valence-electron chi connectivity index (χ2n) is 4.58. The van der Waals surface area contributed by atoms with Gasteiger partial charge in [-0.3, -0.25) is 9.59 Å². The van der Waals surface area contributed by atoms with E-state index in [4.69, 9.17) is 11.6 Å². The highest BCUT2D eigenvalue weighted by molar-refractivity contribution is 6.31. The van der Waals surface area contributed by atoms with Gasteiger partial charge in [-0.05, 0) is 30.3 Å². The zero-order valence-corrected chi connectivity index (χ0v) is 12.4. The number of nitrogens with one attached hydrogen (secondary N) is 2. The Morgan fingerprint density at radius 1 is 1.09 bits per heavy atom. The van der Waals surface area contributed by atoms with Gasteiger partial charge in [-0.1, -0.05) is 29.8 Å². The normalized spacial score (nSPS) is 10.0. The van der Waals surface area contributed by atoms with Gasteiger partial charge in [-0.15, -0.1) is 0 Å². The van der Waals surface area contributed by atoms with Crippen LogP contribution in [0.4, 0.5) is 5.69 Å². The molecule has 0 radical (unpaired) electrons. The van der Waals surface area contributed by atoms with E-state index >= 15 is 0 Å². The van der Waals surface area contributed by atoms with Gasteiger partial charge in [0.05, 0.1) is 5.69 Å². The molecular weight excluding hydrogens is 304 g/mol. The molecule has 2 rings (SSSR count). The lowest BCUT2D eigenvalue weighted by atomic mass is 10.2. The average molecular weight is 319 g/mol. The topological polar surface area (TPSA) is 78.4 Å². The number of amides is 2. The largest absolute Gasteiger partial charge is 0.506 e. The molecule has 0 aliphatic carbocycles. The minimum absolute atomic E-state index is 0.0638. The summed E-state index contributed by atoms with van der Waals surface area (Å²) in [5, 5.41) is 15.2. The molecule has 22 heavy (non-hydrogen) atoms. The maximum Gasteiger partial charge on any atom is 0.251 e. The quantitative estimate of drug-likeness (QED) is 0.742. The van der Waals surface area contributed by atoms with E-state index in [1.807, 2.05) is 6.07 Å². The molecule has 0 saturated heterocycles. The van der Waals surface area contributed by atoms with Gasteiger partial charge in [0.25, 0.3) is 5.91 Å².